The Balaban J connectivity index is 2.64. The number of hydrogen-bond acceptors (Lipinski definition) is 2. The quantitative estimate of drug-likeness (QED) is 0.642. The fourth-order valence-electron chi connectivity index (χ4n) is 0.683. The van der Waals surface area contributed by atoms with Crippen molar-refractivity contribution in [1.82, 2.24) is 10.2 Å². The van der Waals surface area contributed by atoms with Gasteiger partial charge in [-0.2, -0.15) is 5.10 Å². The van der Waals surface area contributed by atoms with E-state index in [2.05, 4.69) is 15.2 Å². The van der Waals surface area contributed by atoms with E-state index in [1.165, 1.54) is 0 Å². The van der Waals surface area contributed by atoms with Crippen LogP contribution in [0, 0.1) is 6.92 Å². The largest absolute Gasteiger partial charge is 0.261 e. The third kappa shape index (κ3) is 2.37. The zero-order chi connectivity index (χ0) is 8.10. The number of aryl methyl sites for hydroxylation is 1. The number of rotatable bonds is 2. The number of H-pyrrole nitrogens is 1. The molecule has 0 radical (unpaired) electrons. The topological polar surface area (TPSA) is 41.0 Å². The first kappa shape index (κ1) is 7.72. The third-order valence-electron chi connectivity index (χ3n) is 1.18. The van der Waals surface area contributed by atoms with E-state index in [9.17, 15) is 0 Å². The Bertz CT molecular complexity index is 271. The molecule has 0 unspecified atom stereocenters. The second kappa shape index (κ2) is 3.71. The summed E-state index contributed by atoms with van der Waals surface area (Å²) in [5, 5.41) is 6.72. The van der Waals surface area contributed by atoms with Crippen LogP contribution in [0.15, 0.2) is 23.2 Å². The molecule has 1 heterocycles. The lowest BCUT2D eigenvalue weighted by molar-refractivity contribution is 1.04. The van der Waals surface area contributed by atoms with Crippen molar-refractivity contribution >= 4 is 12.0 Å². The standard InChI is InChI=1S/C8H11N3/c1-3-4-5-9-8-6-7(2)10-11-8/h3-6H,1-2H3,(H,10,11)/b4-3-,9-5-. The van der Waals surface area contributed by atoms with Gasteiger partial charge < -0.3 is 0 Å². The summed E-state index contributed by atoms with van der Waals surface area (Å²) in [5.41, 5.74) is 0.956. The van der Waals surface area contributed by atoms with Crippen LogP contribution in [-0.2, 0) is 0 Å². The Labute approximate surface area is 65.9 Å². The van der Waals surface area contributed by atoms with Gasteiger partial charge in [-0.25, -0.2) is 4.99 Å². The molecular weight excluding hydrogens is 138 g/mol. The van der Waals surface area contributed by atoms with E-state index < -0.39 is 0 Å². The van der Waals surface area contributed by atoms with E-state index in [1.54, 1.807) is 6.21 Å². The van der Waals surface area contributed by atoms with Gasteiger partial charge in [0.05, 0.1) is 5.69 Å². The molecule has 0 amide bonds. The molecule has 3 nitrogen and oxygen atoms in total. The van der Waals surface area contributed by atoms with Crippen LogP contribution in [0.25, 0.3) is 0 Å². The molecule has 0 saturated heterocycles. The number of hydrogen-bond donors (Lipinski definition) is 1. The molecule has 0 fully saturated rings. The fourth-order valence-corrected chi connectivity index (χ4v) is 0.683. The molecule has 1 aromatic heterocycles. The predicted molar refractivity (Wildman–Crippen MR) is 46.3 cm³/mol. The lowest BCUT2D eigenvalue weighted by Crippen LogP contribution is -1.67. The van der Waals surface area contributed by atoms with Gasteiger partial charge in [-0.15, -0.1) is 0 Å². The molecule has 1 N–H and O–H groups in total. The van der Waals surface area contributed by atoms with Gasteiger partial charge in [-0.1, -0.05) is 6.08 Å². The Morgan fingerprint density at radius 1 is 1.64 bits per heavy atom. The average molecular weight is 149 g/mol. The first-order chi connectivity index (χ1) is 5.33. The second-order valence-corrected chi connectivity index (χ2v) is 2.20. The van der Waals surface area contributed by atoms with Crippen LogP contribution in [0.1, 0.15) is 12.6 Å². The number of aromatic nitrogens is 2. The molecule has 58 valence electrons. The Morgan fingerprint density at radius 3 is 3.00 bits per heavy atom. The van der Waals surface area contributed by atoms with E-state index in [4.69, 9.17) is 0 Å². The molecule has 1 rings (SSSR count). The lowest BCUT2D eigenvalue weighted by Gasteiger charge is -1.78. The molecule has 1 aromatic rings. The summed E-state index contributed by atoms with van der Waals surface area (Å²) in [4.78, 5) is 4.09. The van der Waals surface area contributed by atoms with E-state index in [-0.39, 0.29) is 0 Å². The van der Waals surface area contributed by atoms with E-state index in [0.29, 0.717) is 0 Å². The molecule has 0 spiro atoms. The van der Waals surface area contributed by atoms with Crippen molar-refractivity contribution in [3.8, 4) is 0 Å². The van der Waals surface area contributed by atoms with E-state index >= 15 is 0 Å². The lowest BCUT2D eigenvalue weighted by atomic mass is 10.5. The van der Waals surface area contributed by atoms with E-state index in [1.807, 2.05) is 32.1 Å². The zero-order valence-corrected chi connectivity index (χ0v) is 6.70. The highest BCUT2D eigenvalue weighted by molar-refractivity contribution is 5.73. The van der Waals surface area contributed by atoms with Gasteiger partial charge in [0.15, 0.2) is 0 Å². The Morgan fingerprint density at radius 2 is 2.45 bits per heavy atom. The Kier molecular flexibility index (Phi) is 2.60. The Hall–Kier alpha value is -1.38. The molecule has 0 bridgehead atoms. The van der Waals surface area contributed by atoms with Crippen molar-refractivity contribution in [1.29, 1.82) is 0 Å². The highest BCUT2D eigenvalue weighted by Gasteiger charge is 1.89. The highest BCUT2D eigenvalue weighted by atomic mass is 15.2. The smallest absolute Gasteiger partial charge is 0.147 e. The van der Waals surface area contributed by atoms with Gasteiger partial charge in [-0.3, -0.25) is 5.10 Å². The van der Waals surface area contributed by atoms with Gasteiger partial charge in [0.2, 0.25) is 0 Å². The molecule has 0 aliphatic rings. The number of allylic oxidation sites excluding steroid dienone is 2. The SMILES string of the molecule is C/C=C\C=N/c1cc(C)n[nH]1. The maximum absolute atomic E-state index is 4.09. The van der Waals surface area contributed by atoms with Crippen LogP contribution in [-0.4, -0.2) is 16.4 Å². The first-order valence-corrected chi connectivity index (χ1v) is 3.50. The normalized spacial score (nSPS) is 11.8. The van der Waals surface area contributed by atoms with Crippen LogP contribution in [0.4, 0.5) is 5.82 Å². The summed E-state index contributed by atoms with van der Waals surface area (Å²) < 4.78 is 0. The van der Waals surface area contributed by atoms with E-state index in [0.717, 1.165) is 11.5 Å². The minimum atomic E-state index is 0.792. The van der Waals surface area contributed by atoms with Crippen molar-refractivity contribution < 1.29 is 0 Å². The second-order valence-electron chi connectivity index (χ2n) is 2.20. The van der Waals surface area contributed by atoms with Gasteiger partial charge >= 0.3 is 0 Å². The molecule has 0 saturated carbocycles. The zero-order valence-electron chi connectivity index (χ0n) is 6.70. The van der Waals surface area contributed by atoms with Crippen LogP contribution >= 0.6 is 0 Å². The van der Waals surface area contributed by atoms with Crippen LogP contribution in [0.5, 0.6) is 0 Å². The van der Waals surface area contributed by atoms with Crippen LogP contribution in [0.3, 0.4) is 0 Å². The van der Waals surface area contributed by atoms with Gasteiger partial charge in [0.25, 0.3) is 0 Å². The number of nitrogens with zero attached hydrogens (tertiary/aromatic N) is 2. The average Bonchev–Trinajstić information content (AvgIpc) is 2.37. The minimum absolute atomic E-state index is 0.792. The first-order valence-electron chi connectivity index (χ1n) is 3.50. The minimum Gasteiger partial charge on any atom is -0.261 e. The summed E-state index contributed by atoms with van der Waals surface area (Å²) in [7, 11) is 0. The van der Waals surface area contributed by atoms with Gasteiger partial charge in [0, 0.05) is 12.3 Å². The molecule has 0 atom stereocenters. The van der Waals surface area contributed by atoms with Crippen LogP contribution in [0.2, 0.25) is 0 Å². The summed E-state index contributed by atoms with van der Waals surface area (Å²) in [6, 6.07) is 1.89. The van der Waals surface area contributed by atoms with Crippen molar-refractivity contribution in [3.05, 3.63) is 23.9 Å². The summed E-state index contributed by atoms with van der Waals surface area (Å²) >= 11 is 0. The summed E-state index contributed by atoms with van der Waals surface area (Å²) in [6.45, 7) is 3.87. The summed E-state index contributed by atoms with van der Waals surface area (Å²) in [6.07, 6.45) is 5.52. The van der Waals surface area contributed by atoms with Crippen molar-refractivity contribution in [2.75, 3.05) is 0 Å². The van der Waals surface area contributed by atoms with Crippen LogP contribution < -0.4 is 0 Å². The summed E-state index contributed by atoms with van der Waals surface area (Å²) in [5.74, 6) is 0.792. The van der Waals surface area contributed by atoms with Crippen molar-refractivity contribution in [2.45, 2.75) is 13.8 Å². The number of nitrogens with one attached hydrogen (secondary N) is 1. The maximum Gasteiger partial charge on any atom is 0.147 e. The maximum atomic E-state index is 4.09. The molecular formula is C8H11N3. The highest BCUT2D eigenvalue weighted by Crippen LogP contribution is 2.06. The molecule has 11 heavy (non-hydrogen) atoms. The predicted octanol–water partition coefficient (Wildman–Crippen LogP) is 2.00. The number of aromatic amines is 1. The number of aliphatic imine (C=N–C) groups is 1. The van der Waals surface area contributed by atoms with Crippen molar-refractivity contribution in [2.24, 2.45) is 4.99 Å². The molecule has 0 aliphatic carbocycles. The fraction of sp³-hybridized carbons (Fsp3) is 0.250. The molecule has 0 aliphatic heterocycles. The van der Waals surface area contributed by atoms with Crippen molar-refractivity contribution in [3.63, 3.8) is 0 Å². The third-order valence-corrected chi connectivity index (χ3v) is 1.18. The molecule has 3 heteroatoms. The molecule has 0 aromatic carbocycles. The monoisotopic (exact) mass is 149 g/mol. The van der Waals surface area contributed by atoms with Gasteiger partial charge in [-0.05, 0) is 19.9 Å². The van der Waals surface area contributed by atoms with Gasteiger partial charge in [0.1, 0.15) is 5.82 Å².